The van der Waals surface area contributed by atoms with E-state index in [9.17, 15) is 4.79 Å². The predicted molar refractivity (Wildman–Crippen MR) is 103 cm³/mol. The summed E-state index contributed by atoms with van der Waals surface area (Å²) in [5.74, 6) is 1.22. The largest absolute Gasteiger partial charge is 0.489 e. The van der Waals surface area contributed by atoms with Crippen molar-refractivity contribution < 1.29 is 9.15 Å². The molecule has 0 saturated carbocycles. The second-order valence-electron chi connectivity index (χ2n) is 6.27. The lowest BCUT2D eigenvalue weighted by Gasteiger charge is -2.08. The fourth-order valence-corrected chi connectivity index (χ4v) is 2.82. The van der Waals surface area contributed by atoms with E-state index in [0.717, 1.165) is 11.1 Å². The summed E-state index contributed by atoms with van der Waals surface area (Å²) in [6.07, 6.45) is 0. The van der Waals surface area contributed by atoms with E-state index in [4.69, 9.17) is 9.15 Å². The van der Waals surface area contributed by atoms with Crippen LogP contribution in [0, 0.1) is 6.92 Å². The molecule has 26 heavy (non-hydrogen) atoms. The van der Waals surface area contributed by atoms with Crippen molar-refractivity contribution in [1.82, 2.24) is 0 Å². The molecule has 3 aromatic carbocycles. The van der Waals surface area contributed by atoms with Crippen LogP contribution in [0.5, 0.6) is 5.75 Å². The van der Waals surface area contributed by atoms with E-state index >= 15 is 0 Å². The number of hydrogen-bond donors (Lipinski definition) is 0. The number of hydrogen-bond acceptors (Lipinski definition) is 3. The topological polar surface area (TPSA) is 39.4 Å². The number of aryl methyl sites for hydroxylation is 1. The normalized spacial score (nSPS) is 10.8. The SMILES string of the molecule is Cc1ccc(COc2ccc3oc(-c4ccccc4)cc(=O)c3c2)cc1. The van der Waals surface area contributed by atoms with Crippen LogP contribution >= 0.6 is 0 Å². The van der Waals surface area contributed by atoms with E-state index in [-0.39, 0.29) is 5.43 Å². The Hall–Kier alpha value is -3.33. The Morgan fingerprint density at radius 3 is 2.42 bits per heavy atom. The highest BCUT2D eigenvalue weighted by atomic mass is 16.5. The first-order valence-electron chi connectivity index (χ1n) is 8.51. The summed E-state index contributed by atoms with van der Waals surface area (Å²) >= 11 is 0. The summed E-state index contributed by atoms with van der Waals surface area (Å²) in [5.41, 5.74) is 3.66. The standard InChI is InChI=1S/C23H18O3/c1-16-7-9-17(10-8-16)15-25-19-11-12-22-20(13-19)21(24)14-23(26-22)18-5-3-2-4-6-18/h2-14H,15H2,1H3. The van der Waals surface area contributed by atoms with Crippen LogP contribution in [0.25, 0.3) is 22.3 Å². The minimum Gasteiger partial charge on any atom is -0.489 e. The first kappa shape index (κ1) is 16.2. The maximum absolute atomic E-state index is 12.5. The zero-order valence-electron chi connectivity index (χ0n) is 14.4. The maximum atomic E-state index is 12.5. The van der Waals surface area contributed by atoms with Gasteiger partial charge in [0.1, 0.15) is 23.7 Å². The Morgan fingerprint density at radius 1 is 0.885 bits per heavy atom. The van der Waals surface area contributed by atoms with Crippen LogP contribution in [0.1, 0.15) is 11.1 Å². The molecule has 0 fully saturated rings. The van der Waals surface area contributed by atoms with Gasteiger partial charge in [-0.2, -0.15) is 0 Å². The number of ether oxygens (including phenoxy) is 1. The third-order valence-corrected chi connectivity index (χ3v) is 4.28. The molecule has 0 atom stereocenters. The van der Waals surface area contributed by atoms with Crippen molar-refractivity contribution in [3.8, 4) is 17.1 Å². The van der Waals surface area contributed by atoms with E-state index in [1.165, 1.54) is 11.6 Å². The van der Waals surface area contributed by atoms with E-state index in [2.05, 4.69) is 19.1 Å². The summed E-state index contributed by atoms with van der Waals surface area (Å²) in [6.45, 7) is 2.51. The van der Waals surface area contributed by atoms with Gasteiger partial charge in [-0.1, -0.05) is 60.2 Å². The quantitative estimate of drug-likeness (QED) is 0.502. The number of benzene rings is 3. The van der Waals surface area contributed by atoms with E-state index in [1.54, 1.807) is 12.1 Å². The molecule has 3 heteroatoms. The predicted octanol–water partition coefficient (Wildman–Crippen LogP) is 5.35. The average molecular weight is 342 g/mol. The fraction of sp³-hybridized carbons (Fsp3) is 0.0870. The first-order chi connectivity index (χ1) is 12.7. The number of fused-ring (bicyclic) bond motifs is 1. The van der Waals surface area contributed by atoms with Crippen LogP contribution < -0.4 is 10.2 Å². The third-order valence-electron chi connectivity index (χ3n) is 4.28. The van der Waals surface area contributed by atoms with Crippen molar-refractivity contribution >= 4 is 11.0 Å². The molecule has 0 amide bonds. The van der Waals surface area contributed by atoms with Gasteiger partial charge in [-0.15, -0.1) is 0 Å². The molecule has 0 unspecified atom stereocenters. The van der Waals surface area contributed by atoms with Crippen LogP contribution in [0.15, 0.2) is 88.1 Å². The van der Waals surface area contributed by atoms with Crippen molar-refractivity contribution in [3.05, 3.63) is 100 Å². The zero-order valence-corrected chi connectivity index (χ0v) is 14.4. The molecule has 0 radical (unpaired) electrons. The van der Waals surface area contributed by atoms with Crippen molar-refractivity contribution in [2.45, 2.75) is 13.5 Å². The molecule has 1 heterocycles. The van der Waals surface area contributed by atoms with Gasteiger partial charge in [-0.3, -0.25) is 4.79 Å². The lowest BCUT2D eigenvalue weighted by atomic mass is 10.1. The lowest BCUT2D eigenvalue weighted by molar-refractivity contribution is 0.306. The highest BCUT2D eigenvalue weighted by Crippen LogP contribution is 2.25. The molecule has 0 aliphatic heterocycles. The van der Waals surface area contributed by atoms with Crippen molar-refractivity contribution in [3.63, 3.8) is 0 Å². The van der Waals surface area contributed by atoms with Crippen molar-refractivity contribution in [2.75, 3.05) is 0 Å². The molecule has 0 N–H and O–H groups in total. The Morgan fingerprint density at radius 2 is 1.65 bits per heavy atom. The highest BCUT2D eigenvalue weighted by molar-refractivity contribution is 5.80. The second-order valence-corrected chi connectivity index (χ2v) is 6.27. The maximum Gasteiger partial charge on any atom is 0.193 e. The average Bonchev–Trinajstić information content (AvgIpc) is 2.68. The van der Waals surface area contributed by atoms with Gasteiger partial charge in [0.25, 0.3) is 0 Å². The van der Waals surface area contributed by atoms with Gasteiger partial charge < -0.3 is 9.15 Å². The molecule has 0 bridgehead atoms. The molecule has 4 rings (SSSR count). The smallest absolute Gasteiger partial charge is 0.193 e. The van der Waals surface area contributed by atoms with E-state index in [0.29, 0.717) is 29.1 Å². The Balaban J connectivity index is 1.62. The minimum atomic E-state index is -0.0779. The molecule has 0 saturated heterocycles. The van der Waals surface area contributed by atoms with Gasteiger partial charge in [0.15, 0.2) is 5.43 Å². The van der Waals surface area contributed by atoms with Gasteiger partial charge in [0.05, 0.1) is 5.39 Å². The molecule has 3 nitrogen and oxygen atoms in total. The van der Waals surface area contributed by atoms with Gasteiger partial charge in [-0.05, 0) is 30.7 Å². The summed E-state index contributed by atoms with van der Waals surface area (Å²) in [4.78, 5) is 12.5. The van der Waals surface area contributed by atoms with Crippen LogP contribution in [-0.4, -0.2) is 0 Å². The second kappa shape index (κ2) is 6.89. The molecule has 0 aliphatic carbocycles. The Kier molecular flexibility index (Phi) is 4.28. The summed E-state index contributed by atoms with van der Waals surface area (Å²) in [6, 6.07) is 24.7. The van der Waals surface area contributed by atoms with Crippen LogP contribution in [0.4, 0.5) is 0 Å². The van der Waals surface area contributed by atoms with Gasteiger partial charge in [0, 0.05) is 11.6 Å². The molecule has 128 valence electrons. The van der Waals surface area contributed by atoms with Crippen molar-refractivity contribution in [2.24, 2.45) is 0 Å². The highest BCUT2D eigenvalue weighted by Gasteiger charge is 2.08. The molecule has 0 aliphatic rings. The van der Waals surface area contributed by atoms with E-state index < -0.39 is 0 Å². The van der Waals surface area contributed by atoms with Gasteiger partial charge in [0.2, 0.25) is 0 Å². The Bertz CT molecular complexity index is 1090. The van der Waals surface area contributed by atoms with Gasteiger partial charge >= 0.3 is 0 Å². The van der Waals surface area contributed by atoms with E-state index in [1.807, 2.05) is 48.5 Å². The van der Waals surface area contributed by atoms with Crippen LogP contribution in [0.2, 0.25) is 0 Å². The summed E-state index contributed by atoms with van der Waals surface area (Å²) in [5, 5.41) is 0.520. The van der Waals surface area contributed by atoms with Crippen molar-refractivity contribution in [1.29, 1.82) is 0 Å². The molecule has 4 aromatic rings. The molecule has 0 spiro atoms. The fourth-order valence-electron chi connectivity index (χ4n) is 2.82. The Labute approximate surface area is 151 Å². The molecular weight excluding hydrogens is 324 g/mol. The zero-order chi connectivity index (χ0) is 17.9. The van der Waals surface area contributed by atoms with Crippen LogP contribution in [0.3, 0.4) is 0 Å². The molecule has 1 aromatic heterocycles. The van der Waals surface area contributed by atoms with Crippen LogP contribution in [-0.2, 0) is 6.61 Å². The monoisotopic (exact) mass is 342 g/mol. The first-order valence-corrected chi connectivity index (χ1v) is 8.51. The summed E-state index contributed by atoms with van der Waals surface area (Å²) in [7, 11) is 0. The minimum absolute atomic E-state index is 0.0779. The number of rotatable bonds is 4. The lowest BCUT2D eigenvalue weighted by Crippen LogP contribution is -2.01. The third kappa shape index (κ3) is 3.38. The van der Waals surface area contributed by atoms with Gasteiger partial charge in [-0.25, -0.2) is 0 Å². The molecular formula is C23H18O3. The summed E-state index contributed by atoms with van der Waals surface area (Å²) < 4.78 is 11.7.